The maximum atomic E-state index is 13.2. The summed E-state index contributed by atoms with van der Waals surface area (Å²) in [6.07, 6.45) is 0. The predicted molar refractivity (Wildman–Crippen MR) is 137 cm³/mol. The molecule has 2 aromatic rings. The monoisotopic (exact) mass is 445 g/mol. The van der Waals surface area contributed by atoms with Crippen molar-refractivity contribution in [1.29, 1.82) is 0 Å². The second-order valence-electron chi connectivity index (χ2n) is 11.0. The molecule has 2 nitrogen and oxygen atoms in total. The third-order valence-corrected chi connectivity index (χ3v) is 10.2. The zero-order valence-corrected chi connectivity index (χ0v) is 22.2. The lowest BCUT2D eigenvalue weighted by Crippen LogP contribution is -2.39. The van der Waals surface area contributed by atoms with Crippen LogP contribution in [0.5, 0.6) is 0 Å². The van der Waals surface area contributed by atoms with Gasteiger partial charge in [-0.15, -0.1) is 0 Å². The van der Waals surface area contributed by atoms with Crippen LogP contribution in [0.15, 0.2) is 48.5 Å². The minimum Gasteiger partial charge on any atom is -0.242 e. The first-order valence-corrected chi connectivity index (χ1v) is 13.3. The van der Waals surface area contributed by atoms with Crippen LogP contribution in [0.25, 0.3) is 0 Å². The fourth-order valence-corrected chi connectivity index (χ4v) is 9.13. The minimum absolute atomic E-state index is 0.114. The summed E-state index contributed by atoms with van der Waals surface area (Å²) in [5.74, 6) is 0. The number of benzene rings is 2. The molecule has 1 unspecified atom stereocenters. The number of rotatable bonds is 5. The number of hydrogen-bond donors (Lipinski definition) is 1. The van der Waals surface area contributed by atoms with E-state index in [1.807, 2.05) is 20.8 Å². The van der Waals surface area contributed by atoms with E-state index in [4.69, 9.17) is 0 Å². The highest BCUT2D eigenvalue weighted by Gasteiger charge is 2.38. The van der Waals surface area contributed by atoms with Crippen molar-refractivity contribution in [3.63, 3.8) is 0 Å². The van der Waals surface area contributed by atoms with Crippen LogP contribution in [0.2, 0.25) is 0 Å². The average Bonchev–Trinajstić information content (AvgIpc) is 2.57. The van der Waals surface area contributed by atoms with E-state index in [1.54, 1.807) is 0 Å². The highest BCUT2D eigenvalue weighted by atomic mass is 32.2. The molecule has 0 saturated carbocycles. The van der Waals surface area contributed by atoms with Crippen molar-refractivity contribution in [2.75, 3.05) is 0 Å². The summed E-state index contributed by atoms with van der Waals surface area (Å²) in [7, 11) is -1.67. The molecule has 2 atom stereocenters. The first kappa shape index (κ1) is 25.2. The standard InChI is InChI=1S/C26H40NOPS/c1-19-15-11-12-16-20(19)23(27-30(28)26(8,9)10)21-17-13-14-18-22(21)29(24(2,3)4)25(5,6)7/h11-18,23,27H,1-10H3/t23-,30?/m1/s1. The van der Waals surface area contributed by atoms with E-state index in [-0.39, 0.29) is 21.1 Å². The van der Waals surface area contributed by atoms with Gasteiger partial charge in [-0.3, -0.25) is 0 Å². The second-order valence-corrected chi connectivity index (χ2v) is 16.9. The molecular formula is C26H40NOPS. The molecule has 0 heterocycles. The summed E-state index contributed by atoms with van der Waals surface area (Å²) in [5, 5.41) is 1.71. The van der Waals surface area contributed by atoms with Gasteiger partial charge in [0.2, 0.25) is 0 Å². The van der Waals surface area contributed by atoms with Gasteiger partial charge in [-0.2, -0.15) is 0 Å². The first-order valence-electron chi connectivity index (χ1n) is 10.8. The van der Waals surface area contributed by atoms with Gasteiger partial charge in [-0.05, 0) is 60.0 Å². The summed E-state index contributed by atoms with van der Waals surface area (Å²) in [5.41, 5.74) is 3.66. The highest BCUT2D eigenvalue weighted by molar-refractivity contribution is 7.84. The van der Waals surface area contributed by atoms with E-state index in [0.29, 0.717) is 0 Å². The van der Waals surface area contributed by atoms with Crippen molar-refractivity contribution < 1.29 is 4.21 Å². The zero-order valence-electron chi connectivity index (χ0n) is 20.5. The van der Waals surface area contributed by atoms with Gasteiger partial charge in [-0.25, -0.2) is 8.93 Å². The smallest absolute Gasteiger partial charge is 0.0979 e. The summed E-state index contributed by atoms with van der Waals surface area (Å²) in [4.78, 5) is 0. The van der Waals surface area contributed by atoms with E-state index >= 15 is 0 Å². The Bertz CT molecular complexity index is 873. The Balaban J connectivity index is 2.74. The van der Waals surface area contributed by atoms with Crippen LogP contribution in [-0.2, 0) is 11.0 Å². The largest absolute Gasteiger partial charge is 0.242 e. The zero-order chi connectivity index (χ0) is 22.9. The van der Waals surface area contributed by atoms with Crippen molar-refractivity contribution in [3.05, 3.63) is 65.2 Å². The molecule has 0 saturated heterocycles. The Labute approximate surface area is 188 Å². The Morgan fingerprint density at radius 1 is 0.767 bits per heavy atom. The molecule has 166 valence electrons. The van der Waals surface area contributed by atoms with Crippen molar-refractivity contribution in [1.82, 2.24) is 4.72 Å². The molecular weight excluding hydrogens is 405 g/mol. The van der Waals surface area contributed by atoms with Crippen LogP contribution in [0.3, 0.4) is 0 Å². The maximum absolute atomic E-state index is 13.2. The number of aryl methyl sites for hydroxylation is 1. The fourth-order valence-electron chi connectivity index (χ4n) is 4.15. The third kappa shape index (κ3) is 6.02. The van der Waals surface area contributed by atoms with E-state index in [1.165, 1.54) is 22.0 Å². The Morgan fingerprint density at radius 3 is 1.70 bits per heavy atom. The van der Waals surface area contributed by atoms with Crippen LogP contribution >= 0.6 is 7.92 Å². The Morgan fingerprint density at radius 2 is 1.23 bits per heavy atom. The van der Waals surface area contributed by atoms with E-state index in [9.17, 15) is 4.21 Å². The van der Waals surface area contributed by atoms with Crippen LogP contribution in [0.4, 0.5) is 0 Å². The lowest BCUT2D eigenvalue weighted by molar-refractivity contribution is 0.623. The predicted octanol–water partition coefficient (Wildman–Crippen LogP) is 6.84. The number of nitrogens with one attached hydrogen (secondary N) is 1. The molecule has 0 aliphatic heterocycles. The second kappa shape index (κ2) is 9.23. The van der Waals surface area contributed by atoms with Crippen molar-refractivity contribution in [2.24, 2.45) is 0 Å². The quantitative estimate of drug-likeness (QED) is 0.502. The van der Waals surface area contributed by atoms with Crippen molar-refractivity contribution >= 4 is 24.2 Å². The normalized spacial score (nSPS) is 15.3. The lowest BCUT2D eigenvalue weighted by atomic mass is 9.96. The van der Waals surface area contributed by atoms with Gasteiger partial charge >= 0.3 is 0 Å². The average molecular weight is 446 g/mol. The van der Waals surface area contributed by atoms with Gasteiger partial charge < -0.3 is 0 Å². The van der Waals surface area contributed by atoms with Crippen LogP contribution < -0.4 is 10.0 Å². The summed E-state index contributed by atoms with van der Waals surface area (Å²) >= 11 is 0. The molecule has 30 heavy (non-hydrogen) atoms. The first-order chi connectivity index (χ1) is 13.6. The topological polar surface area (TPSA) is 29.1 Å². The van der Waals surface area contributed by atoms with Gasteiger partial charge in [0.15, 0.2) is 0 Å². The maximum Gasteiger partial charge on any atom is 0.0979 e. The molecule has 0 spiro atoms. The van der Waals surface area contributed by atoms with E-state index in [2.05, 4.69) is 102 Å². The van der Waals surface area contributed by atoms with Crippen molar-refractivity contribution in [2.45, 2.75) is 90.3 Å². The minimum atomic E-state index is -1.18. The highest BCUT2D eigenvalue weighted by Crippen LogP contribution is 2.59. The van der Waals surface area contributed by atoms with E-state index in [0.717, 1.165) is 0 Å². The molecule has 0 aromatic heterocycles. The molecule has 0 bridgehead atoms. The SMILES string of the molecule is Cc1ccccc1[C@@H](NS(=O)C(C)(C)C)c1ccccc1P(C(C)(C)C)C(C)(C)C. The Kier molecular flexibility index (Phi) is 7.76. The molecule has 4 heteroatoms. The van der Waals surface area contributed by atoms with Crippen LogP contribution in [0, 0.1) is 6.92 Å². The molecule has 0 amide bonds. The third-order valence-electron chi connectivity index (χ3n) is 5.11. The van der Waals surface area contributed by atoms with Gasteiger partial charge in [0.1, 0.15) is 0 Å². The number of hydrogen-bond acceptors (Lipinski definition) is 1. The van der Waals surface area contributed by atoms with Gasteiger partial charge in [0, 0.05) is 0 Å². The lowest BCUT2D eigenvalue weighted by Gasteiger charge is -2.43. The molecule has 0 radical (unpaired) electrons. The molecule has 2 aromatic carbocycles. The van der Waals surface area contributed by atoms with Crippen LogP contribution in [-0.4, -0.2) is 19.3 Å². The van der Waals surface area contributed by atoms with E-state index < -0.39 is 18.9 Å². The van der Waals surface area contributed by atoms with Crippen LogP contribution in [0.1, 0.15) is 85.0 Å². The van der Waals surface area contributed by atoms with Gasteiger partial charge in [0.05, 0.1) is 21.8 Å². The molecule has 0 fully saturated rings. The molecule has 0 aliphatic rings. The summed E-state index contributed by atoms with van der Waals surface area (Å²) in [6, 6.07) is 17.1. The summed E-state index contributed by atoms with van der Waals surface area (Å²) < 4.78 is 16.4. The Hall–Kier alpha value is -1.02. The van der Waals surface area contributed by atoms with Gasteiger partial charge in [0.25, 0.3) is 0 Å². The van der Waals surface area contributed by atoms with Crippen molar-refractivity contribution in [3.8, 4) is 0 Å². The van der Waals surface area contributed by atoms with Gasteiger partial charge in [-0.1, -0.05) is 98.0 Å². The molecule has 2 rings (SSSR count). The molecule has 0 aliphatic carbocycles. The molecule has 1 N–H and O–H groups in total. The fraction of sp³-hybridized carbons (Fsp3) is 0.538. The summed E-state index contributed by atoms with van der Waals surface area (Å²) in [6.45, 7) is 22.3.